The minimum absolute atomic E-state index is 0.00224. The molecule has 2 N–H and O–H groups in total. The summed E-state index contributed by atoms with van der Waals surface area (Å²) in [6.45, 7) is 0.824. The number of likely N-dealkylation sites (N-methyl/N-ethyl adjacent to an activating group) is 1. The molecule has 1 fully saturated rings. The van der Waals surface area contributed by atoms with E-state index in [0.29, 0.717) is 52.2 Å². The number of aliphatic carboxylic acids is 1. The minimum Gasteiger partial charge on any atom is -0.480 e. The molecule has 198 valence electrons. The molecule has 3 heterocycles. The molecular weight excluding hydrogens is 557 g/mol. The summed E-state index contributed by atoms with van der Waals surface area (Å²) in [4.78, 5) is 38.5. The van der Waals surface area contributed by atoms with Crippen molar-refractivity contribution in [1.29, 1.82) is 0 Å². The van der Waals surface area contributed by atoms with E-state index in [1.165, 1.54) is 6.07 Å². The van der Waals surface area contributed by atoms with Crippen LogP contribution in [0.2, 0.25) is 0 Å². The van der Waals surface area contributed by atoms with Crippen LogP contribution in [0.1, 0.15) is 25.1 Å². The lowest BCUT2D eigenvalue weighted by molar-refractivity contribution is -0.137. The Bertz CT molecular complexity index is 1510. The van der Waals surface area contributed by atoms with E-state index in [9.17, 15) is 14.0 Å². The van der Waals surface area contributed by atoms with Crippen molar-refractivity contribution in [2.75, 3.05) is 26.7 Å². The van der Waals surface area contributed by atoms with Crippen LogP contribution in [0.25, 0.3) is 27.6 Å². The number of amides is 1. The summed E-state index contributed by atoms with van der Waals surface area (Å²) in [5, 5.41) is 17.7. The number of benzene rings is 1. The zero-order valence-electron chi connectivity index (χ0n) is 20.8. The van der Waals surface area contributed by atoms with Crippen LogP contribution >= 0.6 is 15.9 Å². The van der Waals surface area contributed by atoms with Gasteiger partial charge < -0.3 is 10.4 Å². The van der Waals surface area contributed by atoms with Gasteiger partial charge >= 0.3 is 5.97 Å². The SMILES string of the molecule is CN(CCNC(=O)[C@@H]1CC[C@@H](Cc2ncc3c(Br)nn(-c4cc(F)c5ncccc5c4)c3n2)C1)CC(=O)O. The first-order chi connectivity index (χ1) is 18.3. The Labute approximate surface area is 226 Å². The first-order valence-electron chi connectivity index (χ1n) is 12.4. The third-order valence-corrected chi connectivity index (χ3v) is 7.48. The molecule has 3 aromatic heterocycles. The Kier molecular flexibility index (Phi) is 7.61. The number of hydrogen-bond donors (Lipinski definition) is 2. The maximum atomic E-state index is 14.8. The number of carboxylic acid groups (broad SMARTS) is 1. The Morgan fingerprint density at radius 2 is 2.13 bits per heavy atom. The van der Waals surface area contributed by atoms with Crippen molar-refractivity contribution in [3.05, 3.63) is 52.9 Å². The highest BCUT2D eigenvalue weighted by atomic mass is 79.9. The molecule has 1 aliphatic carbocycles. The lowest BCUT2D eigenvalue weighted by Crippen LogP contribution is -2.37. The molecule has 10 nitrogen and oxygen atoms in total. The topological polar surface area (TPSA) is 126 Å². The number of nitrogens with zero attached hydrogens (tertiary/aromatic N) is 6. The third kappa shape index (κ3) is 5.65. The molecule has 0 unspecified atom stereocenters. The zero-order valence-corrected chi connectivity index (χ0v) is 22.4. The number of carbonyl (C=O) groups excluding carboxylic acids is 1. The summed E-state index contributed by atoms with van der Waals surface area (Å²) in [5.41, 5.74) is 1.41. The number of rotatable bonds is 9. The van der Waals surface area contributed by atoms with Crippen LogP contribution in [-0.4, -0.2) is 73.3 Å². The minimum atomic E-state index is -0.894. The van der Waals surface area contributed by atoms with Crippen LogP contribution < -0.4 is 5.32 Å². The summed E-state index contributed by atoms with van der Waals surface area (Å²) in [6.07, 6.45) is 6.32. The second-order valence-electron chi connectivity index (χ2n) is 9.73. The number of carboxylic acids is 1. The van der Waals surface area contributed by atoms with Gasteiger partial charge in [0.05, 0.1) is 17.6 Å². The molecular formula is C26H27BrFN7O3. The molecule has 12 heteroatoms. The van der Waals surface area contributed by atoms with Crippen molar-refractivity contribution >= 4 is 49.7 Å². The van der Waals surface area contributed by atoms with Gasteiger partial charge in [-0.15, -0.1) is 0 Å². The summed E-state index contributed by atoms with van der Waals surface area (Å²) >= 11 is 3.47. The van der Waals surface area contributed by atoms with Crippen LogP contribution in [0.15, 0.2) is 41.3 Å². The molecule has 1 aliphatic rings. The second kappa shape index (κ2) is 11.1. The number of halogens is 2. The van der Waals surface area contributed by atoms with Gasteiger partial charge in [-0.25, -0.2) is 19.0 Å². The fourth-order valence-electron chi connectivity index (χ4n) is 5.02. The van der Waals surface area contributed by atoms with Gasteiger partial charge in [-0.1, -0.05) is 6.07 Å². The number of nitrogens with one attached hydrogen (secondary N) is 1. The van der Waals surface area contributed by atoms with Gasteiger partial charge in [-0.2, -0.15) is 5.10 Å². The van der Waals surface area contributed by atoms with Crippen molar-refractivity contribution in [3.63, 3.8) is 0 Å². The highest BCUT2D eigenvalue weighted by Gasteiger charge is 2.30. The van der Waals surface area contributed by atoms with Gasteiger partial charge in [0.2, 0.25) is 5.91 Å². The number of pyridine rings is 1. The maximum Gasteiger partial charge on any atom is 0.317 e. The highest BCUT2D eigenvalue weighted by molar-refractivity contribution is 9.10. The summed E-state index contributed by atoms with van der Waals surface area (Å²) in [5.74, 6) is -0.493. The average molecular weight is 584 g/mol. The van der Waals surface area contributed by atoms with Crippen molar-refractivity contribution < 1.29 is 19.1 Å². The molecule has 0 bridgehead atoms. The summed E-state index contributed by atoms with van der Waals surface area (Å²) in [7, 11) is 1.71. The fraction of sp³-hybridized carbons (Fsp3) is 0.385. The van der Waals surface area contributed by atoms with E-state index >= 15 is 0 Å². The first kappa shape index (κ1) is 26.1. The van der Waals surface area contributed by atoms with Crippen LogP contribution in [0.3, 0.4) is 0 Å². The van der Waals surface area contributed by atoms with E-state index in [-0.39, 0.29) is 24.3 Å². The molecule has 38 heavy (non-hydrogen) atoms. The van der Waals surface area contributed by atoms with Gasteiger partial charge in [0, 0.05) is 49.3 Å². The molecule has 0 radical (unpaired) electrons. The normalized spacial score (nSPS) is 17.5. The molecule has 2 atom stereocenters. The molecule has 5 rings (SSSR count). The standard InChI is InChI=1S/C26H27BrFN7O3/c1-34(14-22(36)37)8-7-30-26(38)17-5-4-15(9-17)10-21-31-13-19-24(27)33-35(25(19)32-21)18-11-16-3-2-6-29-23(16)20(28)12-18/h2-3,6,11-13,15,17H,4-5,7-10,14H2,1H3,(H,30,38)(H,36,37)/t15-,17-/m1/s1. The number of hydrogen-bond acceptors (Lipinski definition) is 7. The van der Waals surface area contributed by atoms with E-state index in [4.69, 9.17) is 10.1 Å². The van der Waals surface area contributed by atoms with Crippen molar-refractivity contribution in [2.45, 2.75) is 25.7 Å². The average Bonchev–Trinajstić information content (AvgIpc) is 3.48. The Morgan fingerprint density at radius 1 is 1.29 bits per heavy atom. The zero-order chi connectivity index (χ0) is 26.8. The molecule has 1 amide bonds. The summed E-state index contributed by atoms with van der Waals surface area (Å²) < 4.78 is 16.9. The van der Waals surface area contributed by atoms with E-state index in [0.717, 1.165) is 24.6 Å². The molecule has 0 saturated heterocycles. The van der Waals surface area contributed by atoms with Crippen LogP contribution in [0, 0.1) is 17.7 Å². The lowest BCUT2D eigenvalue weighted by Gasteiger charge is -2.16. The Morgan fingerprint density at radius 3 is 2.95 bits per heavy atom. The number of fused-ring (bicyclic) bond motifs is 2. The maximum absolute atomic E-state index is 14.8. The van der Waals surface area contributed by atoms with Crippen molar-refractivity contribution in [2.24, 2.45) is 11.8 Å². The first-order valence-corrected chi connectivity index (χ1v) is 13.2. The van der Waals surface area contributed by atoms with Gasteiger partial charge in [-0.3, -0.25) is 19.5 Å². The molecule has 1 saturated carbocycles. The van der Waals surface area contributed by atoms with Crippen LogP contribution in [0.4, 0.5) is 4.39 Å². The van der Waals surface area contributed by atoms with Gasteiger partial charge in [0.1, 0.15) is 15.9 Å². The van der Waals surface area contributed by atoms with Crippen LogP contribution in [-0.2, 0) is 16.0 Å². The smallest absolute Gasteiger partial charge is 0.317 e. The number of carbonyl (C=O) groups is 2. The van der Waals surface area contributed by atoms with Gasteiger partial charge in [-0.05, 0) is 60.3 Å². The molecule has 1 aromatic carbocycles. The van der Waals surface area contributed by atoms with Crippen LogP contribution in [0.5, 0.6) is 0 Å². The van der Waals surface area contributed by atoms with E-state index in [1.807, 2.05) is 6.07 Å². The monoisotopic (exact) mass is 583 g/mol. The highest BCUT2D eigenvalue weighted by Crippen LogP contribution is 2.33. The van der Waals surface area contributed by atoms with Gasteiger partial charge in [0.25, 0.3) is 0 Å². The predicted octanol–water partition coefficient (Wildman–Crippen LogP) is 3.36. The van der Waals surface area contributed by atoms with Gasteiger partial charge in [0.15, 0.2) is 11.5 Å². The van der Waals surface area contributed by atoms with Crippen molar-refractivity contribution in [3.8, 4) is 5.69 Å². The predicted molar refractivity (Wildman–Crippen MR) is 142 cm³/mol. The molecule has 4 aromatic rings. The summed E-state index contributed by atoms with van der Waals surface area (Å²) in [6, 6.07) is 6.79. The Balaban J connectivity index is 1.27. The fourth-order valence-corrected chi connectivity index (χ4v) is 5.46. The van der Waals surface area contributed by atoms with Crippen molar-refractivity contribution in [1.82, 2.24) is 34.9 Å². The second-order valence-corrected chi connectivity index (χ2v) is 10.5. The third-order valence-electron chi connectivity index (χ3n) is 6.90. The molecule has 0 aliphatic heterocycles. The Hall–Kier alpha value is -3.51. The largest absolute Gasteiger partial charge is 0.480 e. The van der Waals surface area contributed by atoms with E-state index in [2.05, 4.69) is 36.3 Å². The number of aromatic nitrogens is 5. The lowest BCUT2D eigenvalue weighted by atomic mass is 10.0. The van der Waals surface area contributed by atoms with E-state index < -0.39 is 11.8 Å². The van der Waals surface area contributed by atoms with E-state index in [1.54, 1.807) is 41.2 Å². The molecule has 0 spiro atoms. The quantitative estimate of drug-likeness (QED) is 0.307.